The number of nitrogens with two attached hydrogens (primary N) is 1. The summed E-state index contributed by atoms with van der Waals surface area (Å²) in [6.45, 7) is 14.9. The van der Waals surface area contributed by atoms with E-state index in [4.69, 9.17) is 22.1 Å². The average Bonchev–Trinajstić information content (AvgIpc) is 3.39. The number of halogens is 1. The van der Waals surface area contributed by atoms with E-state index in [1.54, 1.807) is 71.9 Å². The molecule has 26 nitrogen and oxygen atoms in total. The van der Waals surface area contributed by atoms with Crippen LogP contribution in [0.25, 0.3) is 0 Å². The topological polar surface area (TPSA) is 392 Å². The maximum Gasteiger partial charge on any atom is 0.328 e. The summed E-state index contributed by atoms with van der Waals surface area (Å²) < 4.78 is 5.74. The van der Waals surface area contributed by atoms with Crippen LogP contribution in [-0.2, 0) is 68.7 Å². The van der Waals surface area contributed by atoms with Crippen molar-refractivity contribution in [2.45, 2.75) is 199 Å². The molecule has 0 spiro atoms. The van der Waals surface area contributed by atoms with Gasteiger partial charge in [-0.1, -0.05) is 78.3 Å². The molecule has 1 fully saturated rings. The summed E-state index contributed by atoms with van der Waals surface area (Å²) in [5.74, 6) is -11.5. The van der Waals surface area contributed by atoms with Gasteiger partial charge in [0.1, 0.15) is 54.4 Å². The molecule has 14 unspecified atom stereocenters. The van der Waals surface area contributed by atoms with Crippen molar-refractivity contribution in [3.05, 3.63) is 35.9 Å². The van der Waals surface area contributed by atoms with Gasteiger partial charge in [0.25, 0.3) is 0 Å². The van der Waals surface area contributed by atoms with E-state index >= 15 is 0 Å². The van der Waals surface area contributed by atoms with Crippen LogP contribution in [0.2, 0.25) is 0 Å². The van der Waals surface area contributed by atoms with Crippen LogP contribution in [0.1, 0.15) is 120 Å². The van der Waals surface area contributed by atoms with E-state index < -0.39 is 175 Å². The minimum Gasteiger partial charge on any atom is -0.459 e. The Bertz CT molecular complexity index is 2330. The Kier molecular flexibility index (Phi) is 29.8. The molecule has 0 bridgehead atoms. The fourth-order valence-corrected chi connectivity index (χ4v) is 8.93. The number of nitrogens with one attached hydrogen (secondary N) is 9. The third-order valence-corrected chi connectivity index (χ3v) is 13.9. The van der Waals surface area contributed by atoms with Gasteiger partial charge >= 0.3 is 5.97 Å². The number of hydrogen-bond acceptors (Lipinski definition) is 15. The zero-order valence-corrected chi connectivity index (χ0v) is 48.9. The first-order valence-electron chi connectivity index (χ1n) is 27.3. The van der Waals surface area contributed by atoms with Crippen molar-refractivity contribution in [3.63, 3.8) is 0 Å². The Morgan fingerprint density at radius 1 is 0.790 bits per heavy atom. The smallest absolute Gasteiger partial charge is 0.328 e. The molecule has 13 N–H and O–H groups in total. The van der Waals surface area contributed by atoms with Gasteiger partial charge in [0.2, 0.25) is 65.5 Å². The predicted octanol–water partition coefficient (Wildman–Crippen LogP) is -1.80. The summed E-state index contributed by atoms with van der Waals surface area (Å²) >= 11 is 6.52. The van der Waals surface area contributed by atoms with E-state index in [0.717, 1.165) is 11.8 Å². The molecule has 1 aromatic carbocycles. The number of likely N-dealkylation sites (N-methyl/N-ethyl adjacent to an activating group) is 1. The van der Waals surface area contributed by atoms with Gasteiger partial charge in [0, 0.05) is 31.2 Å². The van der Waals surface area contributed by atoms with Crippen LogP contribution in [0.5, 0.6) is 0 Å². The maximum absolute atomic E-state index is 14.4. The number of ether oxygens (including phenoxy) is 1. The van der Waals surface area contributed by atoms with Crippen molar-refractivity contribution in [2.75, 3.05) is 13.6 Å². The molecule has 1 saturated heterocycles. The Balaban J connectivity index is 2.83. The molecular formula is C54H86ClN11O15. The number of rotatable bonds is 18. The Morgan fingerprint density at radius 3 is 1.95 bits per heavy atom. The lowest BCUT2D eigenvalue weighted by atomic mass is 9.95. The van der Waals surface area contributed by atoms with E-state index in [1.165, 1.54) is 27.8 Å². The first kappa shape index (κ1) is 70.2. The quantitative estimate of drug-likeness (QED) is 0.0438. The highest BCUT2D eigenvalue weighted by Crippen LogP contribution is 2.19. The molecule has 14 atom stereocenters. The van der Waals surface area contributed by atoms with Crippen LogP contribution in [0.15, 0.2) is 30.3 Å². The molecule has 27 heteroatoms. The second kappa shape index (κ2) is 34.4. The third kappa shape index (κ3) is 23.6. The lowest BCUT2D eigenvalue weighted by Crippen LogP contribution is -2.62. The van der Waals surface area contributed by atoms with Crippen molar-refractivity contribution in [1.82, 2.24) is 52.8 Å². The second-order valence-corrected chi connectivity index (χ2v) is 22.2. The first-order valence-corrected chi connectivity index (χ1v) is 27.7. The number of alkyl halides is 1. The number of nitrogens with zero attached hydrogens (tertiary/aromatic N) is 1. The number of primary amides is 1. The van der Waals surface area contributed by atoms with Gasteiger partial charge in [-0.05, 0) is 70.8 Å². The van der Waals surface area contributed by atoms with E-state index in [0.29, 0.717) is 18.4 Å². The standard InChI is InChI=1S/C54H86ClN11O15/c1-12-16-36-54(80)81-33(10)46(65-49(75)37(58-26-67)21-27(2)3)40(69)24-42(71)59-31(8)53(79)66(11)39(22-28(4)5)50(76)63-44(29(6)30(7)55)51(77)61-35(19-20-41(56)70)48(74)64-45(32(9)68)52(78)62-38(23-34-17-14-13-15-18-34)47(73)57-25-43(72)60-36/h13-15,17-18,26-33,35-40,44-46,68-69H,12,16,19-25H2,1-11H3,(H2,56,70)(H,57,73)(H,58,67)(H,59,71)(H,60,72)(H,61,77)(H,62,78)(H,63,76)(H,64,74)(H,65,75). The molecule has 0 saturated carbocycles. The monoisotopic (exact) mass is 1160 g/mol. The summed E-state index contributed by atoms with van der Waals surface area (Å²) in [4.78, 5) is 165. The molecule has 0 aliphatic carbocycles. The summed E-state index contributed by atoms with van der Waals surface area (Å²) in [6.07, 6.45) is -6.05. The van der Waals surface area contributed by atoms with Crippen LogP contribution in [0.3, 0.4) is 0 Å². The number of aliphatic hydroxyl groups is 2. The third-order valence-electron chi connectivity index (χ3n) is 13.5. The van der Waals surface area contributed by atoms with Gasteiger partial charge in [0.05, 0.1) is 31.2 Å². The first-order chi connectivity index (χ1) is 37.9. The minimum atomic E-state index is -1.84. The van der Waals surface area contributed by atoms with Crippen molar-refractivity contribution >= 4 is 83.1 Å². The number of carbonyl (C=O) groups is 12. The van der Waals surface area contributed by atoms with Crippen molar-refractivity contribution in [1.29, 1.82) is 0 Å². The number of aliphatic hydroxyl groups excluding tert-OH is 2. The molecule has 0 aromatic heterocycles. The fraction of sp³-hybridized carbons (Fsp3) is 0.667. The van der Waals surface area contributed by atoms with Gasteiger partial charge < -0.3 is 73.4 Å². The SMILES string of the molecule is CCCC1NC(=O)CNC(=O)C(Cc2ccccc2)NC(=O)C(C(C)O)NC(=O)C(CCC(N)=O)NC(=O)C(C(C)C(C)Cl)NC(=O)C(CC(C)C)N(C)C(=O)C(C)NC(=O)CC(O)C(NC(=O)C(CC(C)C)NC=O)C(C)OC1=O. The van der Waals surface area contributed by atoms with Gasteiger partial charge in [-0.2, -0.15) is 0 Å². The highest BCUT2D eigenvalue weighted by molar-refractivity contribution is 6.20. The lowest BCUT2D eigenvalue weighted by Gasteiger charge is -2.34. The number of amides is 11. The minimum absolute atomic E-state index is 0.00840. The van der Waals surface area contributed by atoms with Crippen LogP contribution in [0, 0.1) is 17.8 Å². The zero-order chi connectivity index (χ0) is 61.4. The van der Waals surface area contributed by atoms with Crippen molar-refractivity contribution in [3.8, 4) is 0 Å². The molecule has 2 rings (SSSR count). The van der Waals surface area contributed by atoms with Gasteiger partial charge in [-0.3, -0.25) is 52.7 Å². The largest absolute Gasteiger partial charge is 0.459 e. The number of esters is 1. The Hall–Kier alpha value is -6.93. The number of benzene rings is 1. The number of carbonyl (C=O) groups excluding carboxylic acids is 12. The van der Waals surface area contributed by atoms with E-state index in [1.807, 2.05) is 0 Å². The van der Waals surface area contributed by atoms with Gasteiger partial charge in [-0.15, -0.1) is 11.6 Å². The Labute approximate surface area is 478 Å². The van der Waals surface area contributed by atoms with Crippen LogP contribution < -0.4 is 53.6 Å². The maximum atomic E-state index is 14.4. The Morgan fingerprint density at radius 2 is 1.40 bits per heavy atom. The summed E-state index contributed by atoms with van der Waals surface area (Å²) in [7, 11) is 1.30. The molecule has 1 heterocycles. The molecule has 1 aliphatic heterocycles. The molecule has 0 radical (unpaired) electrons. The van der Waals surface area contributed by atoms with E-state index in [-0.39, 0.29) is 37.5 Å². The van der Waals surface area contributed by atoms with Gasteiger partial charge in [0.15, 0.2) is 0 Å². The molecule has 81 heavy (non-hydrogen) atoms. The van der Waals surface area contributed by atoms with Crippen molar-refractivity contribution < 1.29 is 72.5 Å². The van der Waals surface area contributed by atoms with Crippen LogP contribution >= 0.6 is 11.6 Å². The normalized spacial score (nSPS) is 26.6. The average molecular weight is 1160 g/mol. The van der Waals surface area contributed by atoms with Gasteiger partial charge in [-0.25, -0.2) is 4.79 Å². The fourth-order valence-electron chi connectivity index (χ4n) is 8.78. The number of cyclic esters (lactones) is 1. The highest BCUT2D eigenvalue weighted by Gasteiger charge is 2.40. The molecule has 1 aliphatic rings. The highest BCUT2D eigenvalue weighted by atomic mass is 35.5. The van der Waals surface area contributed by atoms with E-state index in [2.05, 4.69) is 47.9 Å². The molecule has 454 valence electrons. The van der Waals surface area contributed by atoms with Crippen LogP contribution in [-0.4, -0.2) is 178 Å². The lowest BCUT2D eigenvalue weighted by molar-refractivity contribution is -0.156. The number of hydrogen-bond donors (Lipinski definition) is 12. The second-order valence-electron chi connectivity index (χ2n) is 21.5. The zero-order valence-electron chi connectivity index (χ0n) is 48.2. The van der Waals surface area contributed by atoms with Crippen LogP contribution in [0.4, 0.5) is 0 Å². The molecule has 11 amide bonds. The summed E-state index contributed by atoms with van der Waals surface area (Å²) in [5.41, 5.74) is 5.98. The summed E-state index contributed by atoms with van der Waals surface area (Å²) in [5, 5.41) is 44.3. The van der Waals surface area contributed by atoms with Crippen molar-refractivity contribution in [2.24, 2.45) is 23.5 Å². The summed E-state index contributed by atoms with van der Waals surface area (Å²) in [6, 6.07) is -4.87. The predicted molar refractivity (Wildman–Crippen MR) is 296 cm³/mol. The van der Waals surface area contributed by atoms with E-state index in [9.17, 15) is 67.7 Å². The molecular weight excluding hydrogens is 1080 g/mol. The molecule has 1 aromatic rings.